The number of hydrogen-bond donors (Lipinski definition) is 2. The highest BCUT2D eigenvalue weighted by molar-refractivity contribution is 5.90. The third kappa shape index (κ3) is 4.67. The summed E-state index contributed by atoms with van der Waals surface area (Å²) in [6.45, 7) is 0.207. The van der Waals surface area contributed by atoms with Gasteiger partial charge in [0.1, 0.15) is 0 Å². The van der Waals surface area contributed by atoms with E-state index in [4.69, 9.17) is 5.11 Å². The predicted octanol–water partition coefficient (Wildman–Crippen LogP) is 3.13. The molecule has 0 unspecified atom stereocenters. The van der Waals surface area contributed by atoms with Crippen LogP contribution in [-0.4, -0.2) is 17.6 Å². The second-order valence-electron chi connectivity index (χ2n) is 5.43. The second kappa shape index (κ2) is 7.29. The Bertz CT molecular complexity index is 411. The van der Waals surface area contributed by atoms with Crippen molar-refractivity contribution < 1.29 is 9.90 Å². The second-order valence-corrected chi connectivity index (χ2v) is 5.43. The lowest BCUT2D eigenvalue weighted by molar-refractivity contribution is -0.117. The topological polar surface area (TPSA) is 49.3 Å². The van der Waals surface area contributed by atoms with Crippen LogP contribution in [0.3, 0.4) is 0 Å². The molecule has 3 nitrogen and oxygen atoms in total. The van der Waals surface area contributed by atoms with Crippen LogP contribution in [0.5, 0.6) is 0 Å². The Kier molecular flexibility index (Phi) is 5.40. The molecule has 0 aliphatic heterocycles. The molecule has 3 heteroatoms. The maximum atomic E-state index is 11.9. The van der Waals surface area contributed by atoms with Crippen LogP contribution >= 0.6 is 0 Å². The molecule has 0 radical (unpaired) electrons. The molecule has 0 saturated heterocycles. The van der Waals surface area contributed by atoms with Gasteiger partial charge in [-0.05, 0) is 49.3 Å². The summed E-state index contributed by atoms with van der Waals surface area (Å²) >= 11 is 0. The molecule has 1 saturated carbocycles. The molecule has 19 heavy (non-hydrogen) atoms. The largest absolute Gasteiger partial charge is 0.396 e. The molecule has 0 atom stereocenters. The molecular formula is C16H23NO2. The minimum absolute atomic E-state index is 0.131. The van der Waals surface area contributed by atoms with Gasteiger partial charge in [0.2, 0.25) is 5.91 Å². The monoisotopic (exact) mass is 261 g/mol. The lowest BCUT2D eigenvalue weighted by atomic mass is 10.0. The molecule has 1 aliphatic carbocycles. The van der Waals surface area contributed by atoms with Gasteiger partial charge in [-0.25, -0.2) is 0 Å². The highest BCUT2D eigenvalue weighted by Gasteiger charge is 2.18. The first-order valence-corrected chi connectivity index (χ1v) is 7.27. The number of hydrogen-bond acceptors (Lipinski definition) is 2. The van der Waals surface area contributed by atoms with Crippen molar-refractivity contribution in [1.29, 1.82) is 0 Å². The van der Waals surface area contributed by atoms with Gasteiger partial charge in [-0.1, -0.05) is 25.0 Å². The van der Waals surface area contributed by atoms with E-state index in [1.807, 2.05) is 24.3 Å². The Labute approximate surface area is 115 Å². The summed E-state index contributed by atoms with van der Waals surface area (Å²) in [6.07, 6.45) is 7.21. The van der Waals surface area contributed by atoms with Crippen molar-refractivity contribution in [2.24, 2.45) is 5.92 Å². The summed E-state index contributed by atoms with van der Waals surface area (Å²) < 4.78 is 0. The van der Waals surface area contributed by atoms with E-state index in [2.05, 4.69) is 5.32 Å². The molecule has 0 heterocycles. The number of benzene rings is 1. The van der Waals surface area contributed by atoms with Crippen molar-refractivity contribution in [2.45, 2.75) is 44.9 Å². The fourth-order valence-corrected chi connectivity index (χ4v) is 2.78. The maximum absolute atomic E-state index is 11.9. The lowest BCUT2D eigenvalue weighted by Crippen LogP contribution is -2.15. The fourth-order valence-electron chi connectivity index (χ4n) is 2.78. The molecule has 0 spiro atoms. The zero-order valence-electron chi connectivity index (χ0n) is 11.4. The van der Waals surface area contributed by atoms with Crippen LogP contribution < -0.4 is 5.32 Å². The van der Waals surface area contributed by atoms with Crippen molar-refractivity contribution in [3.8, 4) is 0 Å². The quantitative estimate of drug-likeness (QED) is 0.826. The van der Waals surface area contributed by atoms with E-state index in [-0.39, 0.29) is 12.5 Å². The van der Waals surface area contributed by atoms with E-state index in [9.17, 15) is 4.79 Å². The van der Waals surface area contributed by atoms with E-state index in [1.54, 1.807) is 0 Å². The number of anilines is 1. The summed E-state index contributed by atoms with van der Waals surface area (Å²) in [5.41, 5.74) is 2.03. The van der Waals surface area contributed by atoms with Crippen LogP contribution in [0.2, 0.25) is 0 Å². The average molecular weight is 261 g/mol. The van der Waals surface area contributed by atoms with Crippen LogP contribution in [0.4, 0.5) is 5.69 Å². The van der Waals surface area contributed by atoms with Gasteiger partial charge in [-0.3, -0.25) is 4.79 Å². The van der Waals surface area contributed by atoms with Gasteiger partial charge in [-0.15, -0.1) is 0 Å². The number of aryl methyl sites for hydroxylation is 1. The summed E-state index contributed by atoms with van der Waals surface area (Å²) in [5, 5.41) is 11.8. The first kappa shape index (κ1) is 14.1. The Morgan fingerprint density at radius 1 is 1.32 bits per heavy atom. The predicted molar refractivity (Wildman–Crippen MR) is 77.1 cm³/mol. The van der Waals surface area contributed by atoms with Crippen LogP contribution in [0, 0.1) is 5.92 Å². The normalized spacial score (nSPS) is 15.6. The number of aliphatic hydroxyl groups excluding tert-OH is 1. The summed E-state index contributed by atoms with van der Waals surface area (Å²) in [7, 11) is 0. The summed E-state index contributed by atoms with van der Waals surface area (Å²) in [6, 6.07) is 7.91. The number of nitrogens with one attached hydrogen (secondary N) is 1. The van der Waals surface area contributed by atoms with Crippen LogP contribution in [0.15, 0.2) is 24.3 Å². The minimum atomic E-state index is 0.131. The molecule has 1 aromatic rings. The molecular weight excluding hydrogens is 238 g/mol. The molecule has 1 aliphatic rings. The van der Waals surface area contributed by atoms with Crippen LogP contribution in [-0.2, 0) is 11.2 Å². The first-order chi connectivity index (χ1) is 9.28. The van der Waals surface area contributed by atoms with Gasteiger partial charge < -0.3 is 10.4 Å². The number of carbonyl (C=O) groups excluding carboxylic acids is 1. The van der Waals surface area contributed by atoms with Gasteiger partial charge in [-0.2, -0.15) is 0 Å². The average Bonchev–Trinajstić information content (AvgIpc) is 2.89. The third-order valence-corrected chi connectivity index (χ3v) is 3.78. The Hall–Kier alpha value is -1.35. The Morgan fingerprint density at radius 3 is 2.84 bits per heavy atom. The van der Waals surface area contributed by atoms with Crippen LogP contribution in [0.1, 0.15) is 44.1 Å². The van der Waals surface area contributed by atoms with Crippen molar-refractivity contribution in [3.05, 3.63) is 29.8 Å². The van der Waals surface area contributed by atoms with Crippen molar-refractivity contribution >= 4 is 11.6 Å². The van der Waals surface area contributed by atoms with Gasteiger partial charge in [0.25, 0.3) is 0 Å². The summed E-state index contributed by atoms with van der Waals surface area (Å²) in [5.74, 6) is 0.712. The highest BCUT2D eigenvalue weighted by atomic mass is 16.2. The molecule has 104 valence electrons. The van der Waals surface area contributed by atoms with E-state index < -0.39 is 0 Å². The van der Waals surface area contributed by atoms with Gasteiger partial charge in [0.05, 0.1) is 0 Å². The molecule has 0 aromatic heterocycles. The van der Waals surface area contributed by atoms with E-state index in [1.165, 1.54) is 25.7 Å². The smallest absolute Gasteiger partial charge is 0.224 e. The van der Waals surface area contributed by atoms with E-state index in [0.29, 0.717) is 12.3 Å². The maximum Gasteiger partial charge on any atom is 0.224 e. The highest BCUT2D eigenvalue weighted by Crippen LogP contribution is 2.27. The first-order valence-electron chi connectivity index (χ1n) is 7.27. The fraction of sp³-hybridized carbons (Fsp3) is 0.562. The van der Waals surface area contributed by atoms with E-state index >= 15 is 0 Å². The molecule has 1 aromatic carbocycles. The van der Waals surface area contributed by atoms with Crippen molar-refractivity contribution in [2.75, 3.05) is 11.9 Å². The van der Waals surface area contributed by atoms with Gasteiger partial charge in [0, 0.05) is 18.7 Å². The summed E-state index contributed by atoms with van der Waals surface area (Å²) in [4.78, 5) is 11.9. The molecule has 1 amide bonds. The molecule has 1 fully saturated rings. The Morgan fingerprint density at radius 2 is 2.11 bits per heavy atom. The zero-order valence-corrected chi connectivity index (χ0v) is 11.4. The SMILES string of the molecule is O=C(CC1CCCC1)Nc1cccc(CCCO)c1. The zero-order chi connectivity index (χ0) is 13.5. The molecule has 2 rings (SSSR count). The minimum Gasteiger partial charge on any atom is -0.396 e. The number of rotatable bonds is 6. The van der Waals surface area contributed by atoms with Crippen molar-refractivity contribution in [3.63, 3.8) is 0 Å². The number of aliphatic hydroxyl groups is 1. The van der Waals surface area contributed by atoms with Crippen molar-refractivity contribution in [1.82, 2.24) is 0 Å². The van der Waals surface area contributed by atoms with E-state index in [0.717, 1.165) is 24.1 Å². The molecule has 0 bridgehead atoms. The Balaban J connectivity index is 1.85. The lowest BCUT2D eigenvalue weighted by Gasteiger charge is -2.10. The van der Waals surface area contributed by atoms with Gasteiger partial charge in [0.15, 0.2) is 0 Å². The number of amides is 1. The van der Waals surface area contributed by atoms with Crippen LogP contribution in [0.25, 0.3) is 0 Å². The standard InChI is InChI=1S/C16H23NO2/c18-10-4-8-13-7-3-9-15(11-13)17-16(19)12-14-5-1-2-6-14/h3,7,9,11,14,18H,1-2,4-6,8,10,12H2,(H,17,19). The van der Waals surface area contributed by atoms with Gasteiger partial charge >= 0.3 is 0 Å². The third-order valence-electron chi connectivity index (χ3n) is 3.78. The molecule has 2 N–H and O–H groups in total. The number of carbonyl (C=O) groups is 1.